The number of hydrogen-bond acceptors (Lipinski definition) is 1. The number of hydrogen-bond donors (Lipinski definition) is 0. The van der Waals surface area contributed by atoms with Gasteiger partial charge in [0.05, 0.1) is 5.38 Å². The van der Waals surface area contributed by atoms with Crippen LogP contribution in [-0.2, 0) is 4.79 Å². The molecule has 0 aromatic carbocycles. The van der Waals surface area contributed by atoms with E-state index < -0.39 is 5.38 Å². The molecule has 0 saturated carbocycles. The average molecular weight is 264 g/mol. The predicted molar refractivity (Wildman–Crippen MR) is 42.0 cm³/mol. The highest BCUT2D eigenvalue weighted by molar-refractivity contribution is 9.25. The molecule has 0 N–H and O–H groups in total. The zero-order valence-corrected chi connectivity index (χ0v) is 8.12. The quantitative estimate of drug-likeness (QED) is 0.699. The van der Waals surface area contributed by atoms with E-state index in [1.54, 1.807) is 6.92 Å². The molecule has 0 rings (SSSR count). The van der Waals surface area contributed by atoms with Gasteiger partial charge in [-0.25, -0.2) is 0 Å². The van der Waals surface area contributed by atoms with Crippen LogP contribution in [-0.4, -0.2) is 14.9 Å². The smallest absolute Gasteiger partial charge is 0.174 e. The maximum Gasteiger partial charge on any atom is 0.174 e. The lowest BCUT2D eigenvalue weighted by molar-refractivity contribution is -0.116. The maximum atomic E-state index is 10.6. The molecule has 0 aliphatic heterocycles. The molecular formula is C4H5Br2ClO. The van der Waals surface area contributed by atoms with Crippen molar-refractivity contribution in [2.24, 2.45) is 0 Å². The lowest BCUT2D eigenvalue weighted by Gasteiger charge is -1.99. The number of Topliss-reactive ketones (excluding diaryl/α,β-unsaturated/α-hetero) is 1. The van der Waals surface area contributed by atoms with Gasteiger partial charge >= 0.3 is 0 Å². The lowest BCUT2D eigenvalue weighted by atomic mass is 10.3. The number of alkyl halides is 3. The third-order valence-electron chi connectivity index (χ3n) is 0.607. The average Bonchev–Trinajstić information content (AvgIpc) is 1.64. The van der Waals surface area contributed by atoms with Crippen LogP contribution in [0.2, 0.25) is 0 Å². The normalized spacial score (nSPS) is 14.1. The molecule has 0 saturated heterocycles. The van der Waals surface area contributed by atoms with Crippen LogP contribution in [0.3, 0.4) is 0 Å². The fourth-order valence-corrected chi connectivity index (χ4v) is 1.40. The lowest BCUT2D eigenvalue weighted by Crippen LogP contribution is -2.16. The first-order valence-corrected chi connectivity index (χ1v) is 4.28. The number of carbonyl (C=O) groups excluding carboxylic acids is 1. The van der Waals surface area contributed by atoms with E-state index in [4.69, 9.17) is 11.6 Å². The molecule has 0 radical (unpaired) electrons. The summed E-state index contributed by atoms with van der Waals surface area (Å²) in [5.41, 5.74) is 0. The van der Waals surface area contributed by atoms with Gasteiger partial charge in [-0.3, -0.25) is 4.79 Å². The van der Waals surface area contributed by atoms with Gasteiger partial charge in [0.15, 0.2) is 5.78 Å². The third-order valence-corrected chi connectivity index (χ3v) is 1.72. The van der Waals surface area contributed by atoms with Crippen LogP contribution in [0.5, 0.6) is 0 Å². The van der Waals surface area contributed by atoms with Crippen molar-refractivity contribution in [1.82, 2.24) is 0 Å². The molecule has 4 heteroatoms. The molecule has 48 valence electrons. The standard InChI is InChI=1S/C4H5Br2ClO/c1-2(7)3(8)4(5)6/h2,4H,1H3. The van der Waals surface area contributed by atoms with Crippen molar-refractivity contribution in [2.75, 3.05) is 0 Å². The molecule has 1 atom stereocenters. The van der Waals surface area contributed by atoms with Gasteiger partial charge in [0.1, 0.15) is 3.74 Å². The molecule has 0 aromatic heterocycles. The molecule has 0 aromatic rings. The Morgan fingerprint density at radius 2 is 2.00 bits per heavy atom. The highest BCUT2D eigenvalue weighted by Crippen LogP contribution is 2.13. The fourth-order valence-electron chi connectivity index (χ4n) is 0.174. The Labute approximate surface area is 70.0 Å². The summed E-state index contributed by atoms with van der Waals surface area (Å²) >= 11 is 11.5. The summed E-state index contributed by atoms with van der Waals surface area (Å²) < 4.78 is -0.303. The molecule has 8 heavy (non-hydrogen) atoms. The van der Waals surface area contributed by atoms with E-state index in [0.29, 0.717) is 0 Å². The fraction of sp³-hybridized carbons (Fsp3) is 0.750. The Morgan fingerprint density at radius 1 is 1.62 bits per heavy atom. The first-order valence-electron chi connectivity index (χ1n) is 2.01. The van der Waals surface area contributed by atoms with Gasteiger partial charge in [-0.1, -0.05) is 31.9 Å². The summed E-state index contributed by atoms with van der Waals surface area (Å²) in [4.78, 5) is 10.6. The highest BCUT2D eigenvalue weighted by Gasteiger charge is 2.15. The second-order valence-electron chi connectivity index (χ2n) is 1.32. The summed E-state index contributed by atoms with van der Waals surface area (Å²) in [6.45, 7) is 1.64. The first kappa shape index (κ1) is 8.92. The van der Waals surface area contributed by atoms with Gasteiger partial charge in [-0.2, -0.15) is 0 Å². The van der Waals surface area contributed by atoms with E-state index >= 15 is 0 Å². The van der Waals surface area contributed by atoms with Gasteiger partial charge in [-0.15, -0.1) is 11.6 Å². The molecule has 1 unspecified atom stereocenters. The molecule has 0 heterocycles. The van der Waals surface area contributed by atoms with E-state index in [1.807, 2.05) is 0 Å². The summed E-state index contributed by atoms with van der Waals surface area (Å²) in [6, 6.07) is 0. The summed E-state index contributed by atoms with van der Waals surface area (Å²) in [7, 11) is 0. The van der Waals surface area contributed by atoms with E-state index in [0.717, 1.165) is 0 Å². The molecule has 0 aliphatic carbocycles. The van der Waals surface area contributed by atoms with Crippen LogP contribution >= 0.6 is 43.5 Å². The SMILES string of the molecule is CC(Cl)C(=O)C(Br)Br. The van der Waals surface area contributed by atoms with Gasteiger partial charge in [0.2, 0.25) is 0 Å². The minimum atomic E-state index is -0.418. The van der Waals surface area contributed by atoms with Crippen molar-refractivity contribution in [3.8, 4) is 0 Å². The predicted octanol–water partition coefficient (Wildman–Crippen LogP) is 2.30. The summed E-state index contributed by atoms with van der Waals surface area (Å²) in [5.74, 6) is -0.0494. The molecule has 0 bridgehead atoms. The van der Waals surface area contributed by atoms with Crippen LogP contribution in [0.25, 0.3) is 0 Å². The monoisotopic (exact) mass is 262 g/mol. The maximum absolute atomic E-state index is 10.6. The van der Waals surface area contributed by atoms with Crippen molar-refractivity contribution in [1.29, 1.82) is 0 Å². The molecule has 0 amide bonds. The number of rotatable bonds is 2. The van der Waals surface area contributed by atoms with Gasteiger partial charge in [0, 0.05) is 0 Å². The van der Waals surface area contributed by atoms with Crippen LogP contribution in [0.4, 0.5) is 0 Å². The van der Waals surface area contributed by atoms with Crippen molar-refractivity contribution in [2.45, 2.75) is 16.0 Å². The van der Waals surface area contributed by atoms with Gasteiger partial charge in [-0.05, 0) is 6.92 Å². The first-order chi connectivity index (χ1) is 3.55. The van der Waals surface area contributed by atoms with Gasteiger partial charge < -0.3 is 0 Å². The van der Waals surface area contributed by atoms with Crippen molar-refractivity contribution in [3.05, 3.63) is 0 Å². The van der Waals surface area contributed by atoms with Gasteiger partial charge in [0.25, 0.3) is 0 Å². The Balaban J connectivity index is 3.65. The summed E-state index contributed by atoms with van der Waals surface area (Å²) in [5, 5.41) is -0.418. The Bertz CT molecular complexity index is 82.0. The number of carbonyl (C=O) groups is 1. The third kappa shape index (κ3) is 3.05. The molecular weight excluding hydrogens is 259 g/mol. The number of halogens is 3. The van der Waals surface area contributed by atoms with Crippen LogP contribution in [0.15, 0.2) is 0 Å². The number of ketones is 1. The second kappa shape index (κ2) is 3.85. The van der Waals surface area contributed by atoms with E-state index in [9.17, 15) is 4.79 Å². The Kier molecular flexibility index (Phi) is 4.30. The van der Waals surface area contributed by atoms with Crippen LogP contribution in [0, 0.1) is 0 Å². The van der Waals surface area contributed by atoms with Crippen molar-refractivity contribution >= 4 is 49.2 Å². The summed E-state index contributed by atoms with van der Waals surface area (Å²) in [6.07, 6.45) is 0. The zero-order chi connectivity index (χ0) is 6.73. The van der Waals surface area contributed by atoms with Crippen molar-refractivity contribution < 1.29 is 4.79 Å². The van der Waals surface area contributed by atoms with Crippen molar-refractivity contribution in [3.63, 3.8) is 0 Å². The molecule has 0 fully saturated rings. The second-order valence-corrected chi connectivity index (χ2v) is 5.03. The van der Waals surface area contributed by atoms with E-state index in [1.165, 1.54) is 0 Å². The zero-order valence-electron chi connectivity index (χ0n) is 4.20. The van der Waals surface area contributed by atoms with Crippen LogP contribution < -0.4 is 0 Å². The van der Waals surface area contributed by atoms with E-state index in [2.05, 4.69) is 31.9 Å². The largest absolute Gasteiger partial charge is 0.296 e. The Morgan fingerprint density at radius 3 is 2.00 bits per heavy atom. The topological polar surface area (TPSA) is 17.1 Å². The minimum Gasteiger partial charge on any atom is -0.296 e. The van der Waals surface area contributed by atoms with E-state index in [-0.39, 0.29) is 9.52 Å². The molecule has 0 spiro atoms. The van der Waals surface area contributed by atoms with Crippen LogP contribution in [0.1, 0.15) is 6.92 Å². The molecule has 1 nitrogen and oxygen atoms in total. The Hall–Kier alpha value is 0.920. The minimum absolute atomic E-state index is 0.0494. The highest BCUT2D eigenvalue weighted by atomic mass is 79.9. The molecule has 0 aliphatic rings.